The van der Waals surface area contributed by atoms with Gasteiger partial charge in [-0.25, -0.2) is 4.79 Å². The van der Waals surface area contributed by atoms with Gasteiger partial charge in [0.15, 0.2) is 0 Å². The zero-order valence-electron chi connectivity index (χ0n) is 19.3. The van der Waals surface area contributed by atoms with E-state index in [1.54, 1.807) is 0 Å². The van der Waals surface area contributed by atoms with E-state index in [0.717, 1.165) is 37.2 Å². The van der Waals surface area contributed by atoms with Crippen LogP contribution in [0.2, 0.25) is 5.02 Å². The maximum absolute atomic E-state index is 11.5. The lowest BCUT2D eigenvalue weighted by Crippen LogP contribution is -2.42. The largest absolute Gasteiger partial charge is 0.465 e. The lowest BCUT2D eigenvalue weighted by atomic mass is 9.79. The van der Waals surface area contributed by atoms with Crippen molar-refractivity contribution in [2.75, 3.05) is 18.4 Å². The van der Waals surface area contributed by atoms with Gasteiger partial charge in [0.05, 0.1) is 0 Å². The summed E-state index contributed by atoms with van der Waals surface area (Å²) >= 11 is 6.08. The molecule has 5 heteroatoms. The molecular formula is C29H31ClN2O2. The van der Waals surface area contributed by atoms with Crippen molar-refractivity contribution in [1.82, 2.24) is 4.90 Å². The Kier molecular flexibility index (Phi) is 6.89. The Morgan fingerprint density at radius 1 is 0.912 bits per heavy atom. The van der Waals surface area contributed by atoms with Gasteiger partial charge in [0.2, 0.25) is 0 Å². The molecule has 2 N–H and O–H groups in total. The smallest absolute Gasteiger partial charge is 0.409 e. The maximum Gasteiger partial charge on any atom is 0.409 e. The normalized spacial score (nSPS) is 22.0. The average Bonchev–Trinajstić information content (AvgIpc) is 3.05. The van der Waals surface area contributed by atoms with Crippen LogP contribution in [0.4, 0.5) is 10.5 Å². The van der Waals surface area contributed by atoms with Gasteiger partial charge in [-0.1, -0.05) is 66.2 Å². The van der Waals surface area contributed by atoms with E-state index < -0.39 is 6.09 Å². The third kappa shape index (κ3) is 5.29. The van der Waals surface area contributed by atoms with Crippen molar-refractivity contribution in [2.24, 2.45) is 17.8 Å². The Balaban J connectivity index is 1.35. The third-order valence-corrected chi connectivity index (χ3v) is 7.87. The summed E-state index contributed by atoms with van der Waals surface area (Å²) in [4.78, 5) is 14.1. The molecule has 176 valence electrons. The molecule has 1 aliphatic heterocycles. The second kappa shape index (κ2) is 10.2. The molecule has 2 unspecified atom stereocenters. The number of halogens is 1. The quantitative estimate of drug-likeness (QED) is 0.399. The van der Waals surface area contributed by atoms with Gasteiger partial charge in [0.25, 0.3) is 0 Å². The molecule has 4 nitrogen and oxygen atoms in total. The molecule has 2 aliphatic rings. The van der Waals surface area contributed by atoms with E-state index >= 15 is 0 Å². The molecule has 1 saturated carbocycles. The van der Waals surface area contributed by atoms with Crippen molar-refractivity contribution in [1.29, 1.82) is 0 Å². The zero-order valence-corrected chi connectivity index (χ0v) is 20.0. The fourth-order valence-electron chi connectivity index (χ4n) is 6.06. The number of nitrogens with zero attached hydrogens (tertiary/aromatic N) is 1. The second-order valence-corrected chi connectivity index (χ2v) is 10.3. The molecule has 3 aromatic carbocycles. The van der Waals surface area contributed by atoms with Gasteiger partial charge in [-0.15, -0.1) is 0 Å². The number of nitrogens with one attached hydrogen (secondary N) is 1. The second-order valence-electron chi connectivity index (χ2n) is 9.82. The first-order valence-electron chi connectivity index (χ1n) is 12.2. The third-order valence-electron chi connectivity index (χ3n) is 7.62. The minimum atomic E-state index is -1.02. The molecule has 34 heavy (non-hydrogen) atoms. The standard InChI is InChI=1S/C29H31ClN2O2/c30-25-13-9-20(10-14-25)15-27-22(7-4-8-28(27)31-29(33)34)16-26-23-11-12-24(26)19-32(18-23)17-21-5-2-1-3-6-21/h1-10,13-14,23-24,26,31H,11-12,15-19H2,(H,33,34). The molecule has 0 radical (unpaired) electrons. The molecule has 5 rings (SSSR count). The summed E-state index contributed by atoms with van der Waals surface area (Å²) in [6.45, 7) is 3.33. The molecule has 0 spiro atoms. The van der Waals surface area contributed by atoms with Crippen LogP contribution in [0.5, 0.6) is 0 Å². The highest BCUT2D eigenvalue weighted by Gasteiger charge is 2.41. The van der Waals surface area contributed by atoms with E-state index in [2.05, 4.69) is 46.6 Å². The fourth-order valence-corrected chi connectivity index (χ4v) is 6.19. The van der Waals surface area contributed by atoms with E-state index in [0.29, 0.717) is 34.9 Å². The van der Waals surface area contributed by atoms with Crippen molar-refractivity contribution in [3.63, 3.8) is 0 Å². The Labute approximate surface area is 206 Å². The number of likely N-dealkylation sites (tertiary alicyclic amines) is 1. The van der Waals surface area contributed by atoms with E-state index in [1.807, 2.05) is 36.4 Å². The SMILES string of the molecule is O=C(O)Nc1cccc(CC2C3CCC2CN(Cc2ccccc2)C3)c1Cc1ccc(Cl)cc1. The van der Waals surface area contributed by atoms with E-state index in [9.17, 15) is 9.90 Å². The predicted octanol–water partition coefficient (Wildman–Crippen LogP) is 6.72. The number of hydrogen-bond acceptors (Lipinski definition) is 2. The Morgan fingerprint density at radius 3 is 2.29 bits per heavy atom. The molecule has 1 heterocycles. The van der Waals surface area contributed by atoms with Crippen molar-refractivity contribution in [3.05, 3.63) is 100 Å². The van der Waals surface area contributed by atoms with Gasteiger partial charge >= 0.3 is 6.09 Å². The number of carboxylic acid groups (broad SMARTS) is 1. The highest BCUT2D eigenvalue weighted by atomic mass is 35.5. The summed E-state index contributed by atoms with van der Waals surface area (Å²) in [5, 5.41) is 12.8. The zero-order chi connectivity index (χ0) is 23.5. The van der Waals surface area contributed by atoms with Crippen molar-refractivity contribution in [3.8, 4) is 0 Å². The first kappa shape index (κ1) is 22.9. The van der Waals surface area contributed by atoms with Crippen LogP contribution in [-0.4, -0.2) is 29.2 Å². The Hall–Kier alpha value is -2.82. The number of rotatable bonds is 7. The summed E-state index contributed by atoms with van der Waals surface area (Å²) in [5.74, 6) is 2.04. The maximum atomic E-state index is 11.5. The monoisotopic (exact) mass is 474 g/mol. The van der Waals surface area contributed by atoms with Crippen LogP contribution in [0.1, 0.15) is 35.1 Å². The molecule has 2 bridgehead atoms. The van der Waals surface area contributed by atoms with Crippen LogP contribution in [0, 0.1) is 17.8 Å². The minimum absolute atomic E-state index is 0.649. The van der Waals surface area contributed by atoms with Crippen LogP contribution < -0.4 is 5.32 Å². The summed E-state index contributed by atoms with van der Waals surface area (Å²) in [7, 11) is 0. The van der Waals surface area contributed by atoms with Crippen LogP contribution in [0.25, 0.3) is 0 Å². The van der Waals surface area contributed by atoms with Crippen LogP contribution in [0.15, 0.2) is 72.8 Å². The van der Waals surface area contributed by atoms with Crippen LogP contribution >= 0.6 is 11.6 Å². The lowest BCUT2D eigenvalue weighted by molar-refractivity contribution is 0.103. The summed E-state index contributed by atoms with van der Waals surface area (Å²) in [6, 6.07) is 24.6. The van der Waals surface area contributed by atoms with E-state index in [-0.39, 0.29) is 0 Å². The molecule has 2 fully saturated rings. The summed E-state index contributed by atoms with van der Waals surface area (Å²) in [6.07, 6.45) is 3.25. The molecule has 0 aromatic heterocycles. The van der Waals surface area contributed by atoms with Crippen LogP contribution in [0.3, 0.4) is 0 Å². The predicted molar refractivity (Wildman–Crippen MR) is 137 cm³/mol. The van der Waals surface area contributed by atoms with Crippen molar-refractivity contribution < 1.29 is 9.90 Å². The molecular weight excluding hydrogens is 444 g/mol. The van der Waals surface area contributed by atoms with Crippen molar-refractivity contribution >= 4 is 23.4 Å². The Morgan fingerprint density at radius 2 is 1.62 bits per heavy atom. The van der Waals surface area contributed by atoms with Gasteiger partial charge in [-0.05, 0) is 83.9 Å². The molecule has 1 aliphatic carbocycles. The number of amides is 1. The number of piperidine rings is 1. The summed E-state index contributed by atoms with van der Waals surface area (Å²) < 4.78 is 0. The topological polar surface area (TPSA) is 52.6 Å². The Bertz CT molecular complexity index is 1120. The van der Waals surface area contributed by atoms with Gasteiger partial charge in [0.1, 0.15) is 0 Å². The number of anilines is 1. The molecule has 2 atom stereocenters. The fraction of sp³-hybridized carbons (Fsp3) is 0.345. The minimum Gasteiger partial charge on any atom is -0.465 e. The highest BCUT2D eigenvalue weighted by molar-refractivity contribution is 6.30. The van der Waals surface area contributed by atoms with E-state index in [1.165, 1.54) is 24.0 Å². The first-order valence-corrected chi connectivity index (χ1v) is 12.5. The number of benzene rings is 3. The number of hydrogen-bond donors (Lipinski definition) is 2. The van der Waals surface area contributed by atoms with Gasteiger partial charge < -0.3 is 5.11 Å². The van der Waals surface area contributed by atoms with Crippen LogP contribution in [-0.2, 0) is 19.4 Å². The van der Waals surface area contributed by atoms with Gasteiger partial charge in [0, 0.05) is 30.3 Å². The van der Waals surface area contributed by atoms with Gasteiger partial charge in [-0.2, -0.15) is 0 Å². The number of fused-ring (bicyclic) bond motifs is 2. The van der Waals surface area contributed by atoms with E-state index in [4.69, 9.17) is 11.6 Å². The van der Waals surface area contributed by atoms with Gasteiger partial charge in [-0.3, -0.25) is 10.2 Å². The molecule has 1 saturated heterocycles. The average molecular weight is 475 g/mol. The molecule has 1 amide bonds. The lowest BCUT2D eigenvalue weighted by Gasteiger charge is -2.38. The summed E-state index contributed by atoms with van der Waals surface area (Å²) in [5.41, 5.74) is 5.55. The molecule has 3 aromatic rings. The first-order chi connectivity index (χ1) is 16.5. The van der Waals surface area contributed by atoms with Crippen molar-refractivity contribution in [2.45, 2.75) is 32.2 Å². The highest BCUT2D eigenvalue weighted by Crippen LogP contribution is 2.44. The number of carbonyl (C=O) groups is 1.